The second-order valence-corrected chi connectivity index (χ2v) is 11.5. The lowest BCUT2D eigenvalue weighted by Gasteiger charge is -2.34. The number of nitrogens with zero attached hydrogens (tertiary/aromatic N) is 1. The molecule has 1 aromatic heterocycles. The number of Topliss-reactive ketones (excluding diaryl/α,β-unsaturated/α-hetero) is 1. The molecule has 2 aliphatic rings. The summed E-state index contributed by atoms with van der Waals surface area (Å²) in [6.45, 7) is 8.09. The van der Waals surface area contributed by atoms with Crippen LogP contribution in [-0.4, -0.2) is 69.1 Å². The molecule has 3 rings (SSSR count). The summed E-state index contributed by atoms with van der Waals surface area (Å²) >= 11 is 7.85. The number of ketones is 1. The molecule has 196 valence electrons. The molecule has 11 heteroatoms. The van der Waals surface area contributed by atoms with E-state index in [0.717, 1.165) is 5.01 Å². The number of aliphatic hydroxyl groups is 2. The third-order valence-corrected chi connectivity index (χ3v) is 8.07. The first-order valence-electron chi connectivity index (χ1n) is 11.6. The number of alkyl halides is 1. The number of carbonyl (C=O) groups excluding carboxylic acids is 2. The first-order valence-corrected chi connectivity index (χ1v) is 12.9. The molecular formula is C24H33ClFNO7S. The van der Waals surface area contributed by atoms with Crippen LogP contribution in [0.2, 0.25) is 0 Å². The van der Waals surface area contributed by atoms with Gasteiger partial charge >= 0.3 is 5.97 Å². The van der Waals surface area contributed by atoms with Crippen LogP contribution in [0.3, 0.4) is 0 Å². The number of ether oxygens (including phenoxy) is 3. The van der Waals surface area contributed by atoms with Gasteiger partial charge in [0.05, 0.1) is 47.5 Å². The second kappa shape index (κ2) is 10.9. The third-order valence-electron chi connectivity index (χ3n) is 6.75. The van der Waals surface area contributed by atoms with Gasteiger partial charge in [0.2, 0.25) is 0 Å². The fourth-order valence-corrected chi connectivity index (χ4v) is 5.00. The smallest absolute Gasteiger partial charge is 0.309 e. The zero-order chi connectivity index (χ0) is 26.1. The zero-order valence-corrected chi connectivity index (χ0v) is 22.1. The van der Waals surface area contributed by atoms with Crippen molar-refractivity contribution in [3.8, 4) is 0 Å². The van der Waals surface area contributed by atoms with E-state index in [0.29, 0.717) is 5.69 Å². The highest BCUT2D eigenvalue weighted by molar-refractivity contribution is 7.09. The summed E-state index contributed by atoms with van der Waals surface area (Å²) in [6, 6.07) is 0. The molecule has 0 aliphatic carbocycles. The Morgan fingerprint density at radius 1 is 1.31 bits per heavy atom. The maximum absolute atomic E-state index is 15.2. The van der Waals surface area contributed by atoms with E-state index in [-0.39, 0.29) is 19.4 Å². The minimum absolute atomic E-state index is 0.0473. The van der Waals surface area contributed by atoms with Crippen LogP contribution in [0.4, 0.5) is 4.39 Å². The molecule has 8 nitrogen and oxygen atoms in total. The summed E-state index contributed by atoms with van der Waals surface area (Å²) in [7, 11) is 0. The first kappa shape index (κ1) is 28.1. The molecule has 2 aliphatic heterocycles. The van der Waals surface area contributed by atoms with Crippen LogP contribution in [-0.2, 0) is 23.8 Å². The van der Waals surface area contributed by atoms with Crippen molar-refractivity contribution in [1.29, 1.82) is 0 Å². The fraction of sp³-hybridized carbons (Fsp3) is 0.708. The van der Waals surface area contributed by atoms with Gasteiger partial charge in [-0.3, -0.25) is 9.59 Å². The third kappa shape index (κ3) is 6.67. The van der Waals surface area contributed by atoms with Crippen molar-refractivity contribution in [3.05, 3.63) is 21.9 Å². The largest absolute Gasteiger partial charge is 0.455 e. The lowest BCUT2D eigenvalue weighted by atomic mass is 9.74. The molecule has 2 N–H and O–H groups in total. The predicted molar refractivity (Wildman–Crippen MR) is 129 cm³/mol. The number of esters is 1. The summed E-state index contributed by atoms with van der Waals surface area (Å²) in [5.74, 6) is -2.91. The Labute approximate surface area is 213 Å². The molecule has 0 radical (unpaired) electrons. The van der Waals surface area contributed by atoms with Crippen LogP contribution in [0.5, 0.6) is 0 Å². The van der Waals surface area contributed by atoms with Gasteiger partial charge in [0.15, 0.2) is 11.2 Å². The van der Waals surface area contributed by atoms with Crippen molar-refractivity contribution >= 4 is 40.8 Å². The first-order chi connectivity index (χ1) is 16.2. The van der Waals surface area contributed by atoms with Crippen molar-refractivity contribution in [2.45, 2.75) is 89.5 Å². The monoisotopic (exact) mass is 533 g/mol. The molecule has 0 unspecified atom stereocenters. The number of thiazole rings is 1. The number of hydrogen-bond acceptors (Lipinski definition) is 9. The summed E-state index contributed by atoms with van der Waals surface area (Å²) < 4.78 is 31.9. The summed E-state index contributed by atoms with van der Waals surface area (Å²) in [5.41, 5.74) is -0.980. The van der Waals surface area contributed by atoms with Gasteiger partial charge < -0.3 is 24.4 Å². The molecule has 0 amide bonds. The number of hydrogen-bond donors (Lipinski definition) is 2. The number of halogens is 2. The fourth-order valence-electron chi connectivity index (χ4n) is 4.15. The lowest BCUT2D eigenvalue weighted by Crippen LogP contribution is -2.47. The summed E-state index contributed by atoms with van der Waals surface area (Å²) in [5, 5.41) is 22.7. The standard InChI is InChI=1S/C24H33ClFNO7S/c1-12-21(30)13(2)32-7-6-24(25)19(34-24)9-17(16(26)8-15-11-35-14(3)27-15)33-20(29)10-18(28)23(4,5)22(12)31/h8,11-13,17-19,21,28,30H,6-7,9-10H2,1-5H3/t12-,13+,17+,18+,19+,21+,24-/m1/s1. The Bertz CT molecular complexity index is 969. The van der Waals surface area contributed by atoms with Crippen LogP contribution >= 0.6 is 22.9 Å². The average Bonchev–Trinajstić information content (AvgIpc) is 3.22. The molecule has 0 bridgehead atoms. The molecule has 3 heterocycles. The average molecular weight is 534 g/mol. The number of aliphatic hydroxyl groups excluding tert-OH is 2. The van der Waals surface area contributed by atoms with E-state index in [1.54, 1.807) is 26.2 Å². The predicted octanol–water partition coefficient (Wildman–Crippen LogP) is 3.55. The number of fused-ring (bicyclic) bond motifs is 1. The molecule has 1 aromatic rings. The molecule has 0 spiro atoms. The van der Waals surface area contributed by atoms with Gasteiger partial charge in [0.1, 0.15) is 17.7 Å². The number of rotatable bonds is 2. The van der Waals surface area contributed by atoms with Gasteiger partial charge in [-0.15, -0.1) is 11.3 Å². The molecule has 7 atom stereocenters. The SMILES string of the molecule is Cc1nc(C=C(F)[C@@H]2C[C@@H]3O[C@]3(Cl)CCO[C@@H](C)[C@@H](O)[C@@H](C)C(=O)C(C)(C)[C@@H](O)CC(=O)O2)cs1. The highest BCUT2D eigenvalue weighted by Crippen LogP contribution is 2.47. The maximum Gasteiger partial charge on any atom is 0.309 e. The van der Waals surface area contributed by atoms with Crippen molar-refractivity contribution in [2.75, 3.05) is 6.61 Å². The van der Waals surface area contributed by atoms with Crippen LogP contribution in [0, 0.1) is 18.3 Å². The van der Waals surface area contributed by atoms with Gasteiger partial charge in [-0.05, 0) is 19.9 Å². The Morgan fingerprint density at radius 2 is 2.00 bits per heavy atom. The Kier molecular flexibility index (Phi) is 8.77. The molecule has 0 aromatic carbocycles. The van der Waals surface area contributed by atoms with Gasteiger partial charge in [0.25, 0.3) is 0 Å². The minimum Gasteiger partial charge on any atom is -0.455 e. The van der Waals surface area contributed by atoms with E-state index in [2.05, 4.69) is 4.98 Å². The topological polar surface area (TPSA) is 118 Å². The summed E-state index contributed by atoms with van der Waals surface area (Å²) in [4.78, 5) is 30.0. The van der Waals surface area contributed by atoms with Crippen LogP contribution in [0.1, 0.15) is 57.7 Å². The molecule has 2 saturated heterocycles. The Balaban J connectivity index is 1.85. The van der Waals surface area contributed by atoms with E-state index < -0.39 is 70.9 Å². The van der Waals surface area contributed by atoms with Gasteiger partial charge in [0, 0.05) is 24.1 Å². The van der Waals surface area contributed by atoms with E-state index in [1.165, 1.54) is 31.3 Å². The van der Waals surface area contributed by atoms with Crippen molar-refractivity contribution in [2.24, 2.45) is 11.3 Å². The highest BCUT2D eigenvalue weighted by Gasteiger charge is 2.56. The Morgan fingerprint density at radius 3 is 2.63 bits per heavy atom. The number of aryl methyl sites for hydroxylation is 1. The molecule has 0 saturated carbocycles. The molecule has 35 heavy (non-hydrogen) atoms. The van der Waals surface area contributed by atoms with E-state index in [1.807, 2.05) is 0 Å². The number of cyclic esters (lactones) is 1. The second-order valence-electron chi connectivity index (χ2n) is 9.84. The van der Waals surface area contributed by atoms with Crippen LogP contribution in [0.15, 0.2) is 11.2 Å². The van der Waals surface area contributed by atoms with Crippen molar-refractivity contribution in [3.63, 3.8) is 0 Å². The number of carbonyl (C=O) groups is 2. The van der Waals surface area contributed by atoms with Crippen molar-refractivity contribution in [1.82, 2.24) is 4.98 Å². The molecular weight excluding hydrogens is 501 g/mol. The number of epoxide rings is 1. The molecule has 2 fully saturated rings. The Hall–Kier alpha value is -1.43. The highest BCUT2D eigenvalue weighted by atomic mass is 35.5. The van der Waals surface area contributed by atoms with Gasteiger partial charge in [-0.1, -0.05) is 32.4 Å². The van der Waals surface area contributed by atoms with Crippen LogP contribution < -0.4 is 0 Å². The quantitative estimate of drug-likeness (QED) is 0.336. The van der Waals surface area contributed by atoms with Gasteiger partial charge in [-0.25, -0.2) is 9.37 Å². The van der Waals surface area contributed by atoms with E-state index in [9.17, 15) is 19.8 Å². The van der Waals surface area contributed by atoms with E-state index >= 15 is 4.39 Å². The normalized spacial score (nSPS) is 37.5. The summed E-state index contributed by atoms with van der Waals surface area (Å²) in [6.07, 6.45) is -4.29. The lowest BCUT2D eigenvalue weighted by molar-refractivity contribution is -0.155. The van der Waals surface area contributed by atoms with Crippen LogP contribution in [0.25, 0.3) is 6.08 Å². The zero-order valence-electron chi connectivity index (χ0n) is 20.5. The van der Waals surface area contributed by atoms with Gasteiger partial charge in [-0.2, -0.15) is 0 Å². The minimum atomic E-state index is -1.42. The maximum atomic E-state index is 15.2. The van der Waals surface area contributed by atoms with Crippen molar-refractivity contribution < 1.29 is 38.4 Å². The van der Waals surface area contributed by atoms with E-state index in [4.69, 9.17) is 25.8 Å². The number of aromatic nitrogens is 1.